The molecule has 0 aliphatic rings. The highest BCUT2D eigenvalue weighted by Crippen LogP contribution is 2.17. The molecule has 18 heavy (non-hydrogen) atoms. The van der Waals surface area contributed by atoms with Crippen LogP contribution >= 0.6 is 0 Å². The van der Waals surface area contributed by atoms with Crippen LogP contribution in [-0.4, -0.2) is 0 Å². The van der Waals surface area contributed by atoms with Crippen molar-refractivity contribution in [2.24, 2.45) is 5.73 Å². The van der Waals surface area contributed by atoms with E-state index in [9.17, 15) is 0 Å². The molecule has 2 rings (SSSR count). The molecular formula is C16H19NO. The monoisotopic (exact) mass is 241 g/mol. The standard InChI is InChI=1S/C16H19NO/c1-12-4-3-5-14(10-12)11-18-16-8-6-15(7-9-16)13(2)17/h3-10,13H,11,17H2,1-2H3. The van der Waals surface area contributed by atoms with Gasteiger partial charge in [0.1, 0.15) is 12.4 Å². The highest BCUT2D eigenvalue weighted by Gasteiger charge is 2.00. The molecule has 2 aromatic rings. The van der Waals surface area contributed by atoms with E-state index in [2.05, 4.69) is 25.1 Å². The molecule has 94 valence electrons. The summed E-state index contributed by atoms with van der Waals surface area (Å²) in [4.78, 5) is 0. The van der Waals surface area contributed by atoms with Gasteiger partial charge < -0.3 is 10.5 Å². The second-order valence-corrected chi connectivity index (χ2v) is 4.64. The first-order valence-corrected chi connectivity index (χ1v) is 6.19. The molecule has 1 atom stereocenters. The van der Waals surface area contributed by atoms with Gasteiger partial charge in [0.2, 0.25) is 0 Å². The van der Waals surface area contributed by atoms with Crippen LogP contribution in [0.4, 0.5) is 0 Å². The SMILES string of the molecule is Cc1cccc(COc2ccc(C(C)N)cc2)c1. The lowest BCUT2D eigenvalue weighted by atomic mass is 10.1. The van der Waals surface area contributed by atoms with Gasteiger partial charge >= 0.3 is 0 Å². The Balaban J connectivity index is 1.98. The number of hydrogen-bond acceptors (Lipinski definition) is 2. The molecule has 0 bridgehead atoms. The van der Waals surface area contributed by atoms with E-state index in [1.165, 1.54) is 11.1 Å². The summed E-state index contributed by atoms with van der Waals surface area (Å²) >= 11 is 0. The summed E-state index contributed by atoms with van der Waals surface area (Å²) in [6.07, 6.45) is 0. The Labute approximate surface area is 108 Å². The summed E-state index contributed by atoms with van der Waals surface area (Å²) in [5.74, 6) is 0.876. The fourth-order valence-corrected chi connectivity index (χ4v) is 1.84. The minimum atomic E-state index is 0.0656. The van der Waals surface area contributed by atoms with Crippen LogP contribution in [0.5, 0.6) is 5.75 Å². The largest absolute Gasteiger partial charge is 0.489 e. The molecule has 2 nitrogen and oxygen atoms in total. The molecule has 0 fully saturated rings. The molecule has 0 aromatic heterocycles. The van der Waals surface area contributed by atoms with Gasteiger partial charge in [0.15, 0.2) is 0 Å². The molecule has 2 aromatic carbocycles. The third-order valence-electron chi connectivity index (χ3n) is 2.89. The maximum atomic E-state index is 5.80. The van der Waals surface area contributed by atoms with Crippen LogP contribution in [0.25, 0.3) is 0 Å². The van der Waals surface area contributed by atoms with E-state index < -0.39 is 0 Å². The summed E-state index contributed by atoms with van der Waals surface area (Å²) in [7, 11) is 0. The molecule has 0 radical (unpaired) electrons. The fraction of sp³-hybridized carbons (Fsp3) is 0.250. The van der Waals surface area contributed by atoms with E-state index >= 15 is 0 Å². The van der Waals surface area contributed by atoms with Gasteiger partial charge in [-0.1, -0.05) is 42.0 Å². The smallest absolute Gasteiger partial charge is 0.119 e. The first-order valence-electron chi connectivity index (χ1n) is 6.19. The number of nitrogens with two attached hydrogens (primary N) is 1. The third-order valence-corrected chi connectivity index (χ3v) is 2.89. The van der Waals surface area contributed by atoms with Gasteiger partial charge in [-0.25, -0.2) is 0 Å². The Morgan fingerprint density at radius 2 is 1.83 bits per heavy atom. The minimum Gasteiger partial charge on any atom is -0.489 e. The van der Waals surface area contributed by atoms with Gasteiger partial charge in [-0.2, -0.15) is 0 Å². The van der Waals surface area contributed by atoms with Crippen LogP contribution in [0.15, 0.2) is 48.5 Å². The van der Waals surface area contributed by atoms with Crippen LogP contribution in [-0.2, 0) is 6.61 Å². The highest BCUT2D eigenvalue weighted by molar-refractivity contribution is 5.29. The summed E-state index contributed by atoms with van der Waals surface area (Å²) in [6, 6.07) is 16.4. The van der Waals surface area contributed by atoms with Crippen LogP contribution in [0, 0.1) is 6.92 Å². The lowest BCUT2D eigenvalue weighted by molar-refractivity contribution is 0.306. The van der Waals surface area contributed by atoms with E-state index in [0.717, 1.165) is 11.3 Å². The second kappa shape index (κ2) is 5.69. The number of rotatable bonds is 4. The lowest BCUT2D eigenvalue weighted by Crippen LogP contribution is -2.04. The summed E-state index contributed by atoms with van der Waals surface area (Å²) in [6.45, 7) is 4.66. The molecule has 0 aliphatic carbocycles. The van der Waals surface area contributed by atoms with Crippen LogP contribution < -0.4 is 10.5 Å². The summed E-state index contributed by atoms with van der Waals surface area (Å²) in [5.41, 5.74) is 9.37. The van der Waals surface area contributed by atoms with Crippen molar-refractivity contribution < 1.29 is 4.74 Å². The predicted octanol–water partition coefficient (Wildman–Crippen LogP) is 3.59. The second-order valence-electron chi connectivity index (χ2n) is 4.64. The van der Waals surface area contributed by atoms with Crippen LogP contribution in [0.3, 0.4) is 0 Å². The molecular weight excluding hydrogens is 222 g/mol. The van der Waals surface area contributed by atoms with Gasteiger partial charge in [-0.05, 0) is 37.1 Å². The van der Waals surface area contributed by atoms with E-state index in [1.54, 1.807) is 0 Å². The van der Waals surface area contributed by atoms with Gasteiger partial charge in [0.05, 0.1) is 0 Å². The van der Waals surface area contributed by atoms with Gasteiger partial charge in [0.25, 0.3) is 0 Å². The summed E-state index contributed by atoms with van der Waals surface area (Å²) in [5, 5.41) is 0. The van der Waals surface area contributed by atoms with Crippen molar-refractivity contribution in [3.63, 3.8) is 0 Å². The molecule has 0 saturated carbocycles. The lowest BCUT2D eigenvalue weighted by Gasteiger charge is -2.09. The van der Waals surface area contributed by atoms with E-state index in [1.807, 2.05) is 37.3 Å². The van der Waals surface area contributed by atoms with Crippen molar-refractivity contribution in [3.8, 4) is 5.75 Å². The van der Waals surface area contributed by atoms with E-state index in [4.69, 9.17) is 10.5 Å². The van der Waals surface area contributed by atoms with Gasteiger partial charge in [-0.3, -0.25) is 0 Å². The van der Waals surface area contributed by atoms with Crippen LogP contribution in [0.2, 0.25) is 0 Å². The third kappa shape index (κ3) is 3.34. The predicted molar refractivity (Wildman–Crippen MR) is 74.6 cm³/mol. The molecule has 0 amide bonds. The van der Waals surface area contributed by atoms with Crippen molar-refractivity contribution in [1.82, 2.24) is 0 Å². The zero-order valence-corrected chi connectivity index (χ0v) is 10.9. The number of hydrogen-bond donors (Lipinski definition) is 1. The molecule has 2 N–H and O–H groups in total. The molecule has 2 heteroatoms. The molecule has 0 heterocycles. The summed E-state index contributed by atoms with van der Waals surface area (Å²) < 4.78 is 5.74. The maximum absolute atomic E-state index is 5.80. The van der Waals surface area contributed by atoms with Crippen molar-refractivity contribution in [1.29, 1.82) is 0 Å². The molecule has 0 saturated heterocycles. The zero-order valence-electron chi connectivity index (χ0n) is 10.9. The Hall–Kier alpha value is -1.80. The minimum absolute atomic E-state index is 0.0656. The Kier molecular flexibility index (Phi) is 4.00. The topological polar surface area (TPSA) is 35.2 Å². The Bertz CT molecular complexity index is 503. The average molecular weight is 241 g/mol. The average Bonchev–Trinajstić information content (AvgIpc) is 2.37. The first-order chi connectivity index (χ1) is 8.65. The van der Waals surface area contributed by atoms with Crippen LogP contribution in [0.1, 0.15) is 29.7 Å². The molecule has 0 spiro atoms. The Morgan fingerprint density at radius 1 is 1.11 bits per heavy atom. The normalized spacial score (nSPS) is 12.2. The highest BCUT2D eigenvalue weighted by atomic mass is 16.5. The fourth-order valence-electron chi connectivity index (χ4n) is 1.84. The van der Waals surface area contributed by atoms with Gasteiger partial charge in [-0.15, -0.1) is 0 Å². The maximum Gasteiger partial charge on any atom is 0.119 e. The number of benzene rings is 2. The first kappa shape index (κ1) is 12.7. The quantitative estimate of drug-likeness (QED) is 0.887. The number of ether oxygens (including phenoxy) is 1. The van der Waals surface area contributed by atoms with E-state index in [-0.39, 0.29) is 6.04 Å². The molecule has 0 aliphatic heterocycles. The Morgan fingerprint density at radius 3 is 2.44 bits per heavy atom. The number of aryl methyl sites for hydroxylation is 1. The zero-order chi connectivity index (χ0) is 13.0. The van der Waals surface area contributed by atoms with Crippen molar-refractivity contribution in [3.05, 3.63) is 65.2 Å². The van der Waals surface area contributed by atoms with Crippen molar-refractivity contribution in [2.45, 2.75) is 26.5 Å². The van der Waals surface area contributed by atoms with E-state index in [0.29, 0.717) is 6.61 Å². The van der Waals surface area contributed by atoms with Gasteiger partial charge in [0, 0.05) is 6.04 Å². The van der Waals surface area contributed by atoms with Crippen molar-refractivity contribution in [2.75, 3.05) is 0 Å². The molecule has 1 unspecified atom stereocenters. The van der Waals surface area contributed by atoms with Crippen molar-refractivity contribution >= 4 is 0 Å².